The Morgan fingerprint density at radius 1 is 0.429 bits per heavy atom. The Hall–Kier alpha value is 0.103. The number of hydrogen-bond donors (Lipinski definition) is 0. The normalized spacial score (nSPS) is 1.71. The Labute approximate surface area is 65.8 Å². The van der Waals surface area contributed by atoms with Crippen LogP contribution in [0, 0.1) is 0 Å². The molecule has 0 heterocycles. The van der Waals surface area contributed by atoms with Crippen LogP contribution in [0.4, 0.5) is 0 Å². The minimum absolute atomic E-state index is 0. The van der Waals surface area contributed by atoms with E-state index in [9.17, 15) is 0 Å². The van der Waals surface area contributed by atoms with Crippen molar-refractivity contribution in [2.45, 2.75) is 0 Å². The molecule has 0 aliphatic heterocycles. The Morgan fingerprint density at radius 3 is 0.429 bits per heavy atom. The molecule has 0 amide bonds. The summed E-state index contributed by atoms with van der Waals surface area (Å²) in [5, 5.41) is 0. The zero-order chi connectivity index (χ0) is 6.00. The van der Waals surface area contributed by atoms with Crippen molar-refractivity contribution < 1.29 is 26.2 Å². The SMILES string of the molecule is C=C.C=C.C=C.[Zr]. The van der Waals surface area contributed by atoms with Gasteiger partial charge in [0.25, 0.3) is 0 Å². The summed E-state index contributed by atoms with van der Waals surface area (Å²) in [6.07, 6.45) is 0. The second kappa shape index (κ2) is 14900. The van der Waals surface area contributed by atoms with E-state index in [1.54, 1.807) is 0 Å². The van der Waals surface area contributed by atoms with Crippen LogP contribution in [0.1, 0.15) is 0 Å². The molecule has 0 fully saturated rings. The Balaban J connectivity index is -0.00000000900. The number of rotatable bonds is 0. The van der Waals surface area contributed by atoms with Crippen LogP contribution in [-0.4, -0.2) is 0 Å². The van der Waals surface area contributed by atoms with Crippen LogP contribution in [0.2, 0.25) is 0 Å². The van der Waals surface area contributed by atoms with E-state index in [-0.39, 0.29) is 26.2 Å². The van der Waals surface area contributed by atoms with Gasteiger partial charge in [-0.2, -0.15) is 0 Å². The van der Waals surface area contributed by atoms with Crippen molar-refractivity contribution in [2.75, 3.05) is 0 Å². The summed E-state index contributed by atoms with van der Waals surface area (Å²) >= 11 is 0. The third-order valence-corrected chi connectivity index (χ3v) is 0. The molecule has 0 aliphatic carbocycles. The summed E-state index contributed by atoms with van der Waals surface area (Å²) in [6.45, 7) is 18.0. The monoisotopic (exact) mass is 174 g/mol. The maximum absolute atomic E-state index is 3.00. The zero-order valence-corrected chi connectivity index (χ0v) is 7.20. The number of hydrogen-bond acceptors (Lipinski definition) is 0. The van der Waals surface area contributed by atoms with Crippen LogP contribution < -0.4 is 0 Å². The summed E-state index contributed by atoms with van der Waals surface area (Å²) in [6, 6.07) is 0. The van der Waals surface area contributed by atoms with Crippen molar-refractivity contribution in [3.05, 3.63) is 39.5 Å². The van der Waals surface area contributed by atoms with E-state index < -0.39 is 0 Å². The van der Waals surface area contributed by atoms with Crippen molar-refractivity contribution in [3.8, 4) is 0 Å². The van der Waals surface area contributed by atoms with Gasteiger partial charge < -0.3 is 0 Å². The van der Waals surface area contributed by atoms with Crippen LogP contribution in [0.3, 0.4) is 0 Å². The molecule has 1 heteroatoms. The summed E-state index contributed by atoms with van der Waals surface area (Å²) in [4.78, 5) is 0. The fraction of sp³-hybridized carbons (Fsp3) is 0. The average molecular weight is 175 g/mol. The molecule has 0 radical (unpaired) electrons. The summed E-state index contributed by atoms with van der Waals surface area (Å²) in [5.74, 6) is 0. The standard InChI is InChI=1S/3C2H4.Zr/c3*1-2;/h3*1-2H2;. The van der Waals surface area contributed by atoms with Gasteiger partial charge in [-0.1, -0.05) is 0 Å². The van der Waals surface area contributed by atoms with Crippen LogP contribution in [0.25, 0.3) is 0 Å². The molecule has 0 saturated heterocycles. The maximum atomic E-state index is 3.00. The predicted octanol–water partition coefficient (Wildman–Crippen LogP) is 2.40. The van der Waals surface area contributed by atoms with E-state index in [1.807, 2.05) is 0 Å². The quantitative estimate of drug-likeness (QED) is 0.496. The van der Waals surface area contributed by atoms with Gasteiger partial charge in [0.15, 0.2) is 0 Å². The predicted molar refractivity (Wildman–Crippen MR) is 33.8 cm³/mol. The average Bonchev–Trinajstić information content (AvgIpc) is 1.81. The first-order valence-electron chi connectivity index (χ1n) is 1.50. The fourth-order valence-corrected chi connectivity index (χ4v) is 0. The van der Waals surface area contributed by atoms with E-state index in [0.717, 1.165) is 0 Å². The van der Waals surface area contributed by atoms with Gasteiger partial charge >= 0.3 is 0 Å². The van der Waals surface area contributed by atoms with Gasteiger partial charge in [-0.15, -0.1) is 39.5 Å². The van der Waals surface area contributed by atoms with Crippen LogP contribution >= 0.6 is 0 Å². The van der Waals surface area contributed by atoms with Crippen LogP contribution in [0.15, 0.2) is 39.5 Å². The van der Waals surface area contributed by atoms with Crippen molar-refractivity contribution >= 4 is 0 Å². The van der Waals surface area contributed by atoms with E-state index in [4.69, 9.17) is 0 Å². The van der Waals surface area contributed by atoms with Crippen molar-refractivity contribution in [1.29, 1.82) is 0 Å². The van der Waals surface area contributed by atoms with Gasteiger partial charge in [-0.3, -0.25) is 0 Å². The molecule has 0 aromatic carbocycles. The zero-order valence-electron chi connectivity index (χ0n) is 4.74. The smallest absolute Gasteiger partial charge is 0 e. The van der Waals surface area contributed by atoms with E-state index in [2.05, 4.69) is 39.5 Å². The minimum atomic E-state index is 0. The molecule has 0 rings (SSSR count). The molecule has 0 nitrogen and oxygen atoms in total. The fourth-order valence-electron chi connectivity index (χ4n) is 0. The Kier molecular flexibility index (Phi) is 58700. The topological polar surface area (TPSA) is 0 Å². The largest absolute Gasteiger partial charge is 0.106 e. The van der Waals surface area contributed by atoms with Gasteiger partial charge in [0.1, 0.15) is 0 Å². The molecular weight excluding hydrogens is 163 g/mol. The molecule has 0 saturated carbocycles. The first-order valence-corrected chi connectivity index (χ1v) is 1.50. The molecule has 7 heavy (non-hydrogen) atoms. The molecule has 0 aliphatic rings. The third kappa shape index (κ3) is 9660. The Bertz CT molecular complexity index is 8.90. The van der Waals surface area contributed by atoms with Crippen LogP contribution in [0.5, 0.6) is 0 Å². The molecule has 0 atom stereocenters. The van der Waals surface area contributed by atoms with Gasteiger partial charge in [0.2, 0.25) is 0 Å². The molecule has 0 N–H and O–H groups in total. The van der Waals surface area contributed by atoms with E-state index in [1.165, 1.54) is 0 Å². The van der Waals surface area contributed by atoms with Gasteiger partial charge in [-0.25, -0.2) is 0 Å². The van der Waals surface area contributed by atoms with Gasteiger partial charge in [-0.05, 0) is 0 Å². The first kappa shape index (κ1) is 27.5. The Morgan fingerprint density at radius 2 is 0.429 bits per heavy atom. The molecular formula is C6H12Zr. The summed E-state index contributed by atoms with van der Waals surface area (Å²) in [7, 11) is 0. The molecule has 0 aromatic rings. The van der Waals surface area contributed by atoms with Gasteiger partial charge in [0.05, 0.1) is 0 Å². The van der Waals surface area contributed by atoms with Crippen molar-refractivity contribution in [3.63, 3.8) is 0 Å². The molecule has 0 aromatic heterocycles. The van der Waals surface area contributed by atoms with Crippen molar-refractivity contribution in [1.82, 2.24) is 0 Å². The van der Waals surface area contributed by atoms with E-state index in [0.29, 0.717) is 0 Å². The maximum Gasteiger partial charge on any atom is 0 e. The summed E-state index contributed by atoms with van der Waals surface area (Å²) < 4.78 is 0. The molecule has 40 valence electrons. The van der Waals surface area contributed by atoms with Gasteiger partial charge in [0, 0.05) is 26.2 Å². The van der Waals surface area contributed by atoms with E-state index >= 15 is 0 Å². The second-order valence-electron chi connectivity index (χ2n) is 0. The first-order chi connectivity index (χ1) is 3.00. The molecule has 0 unspecified atom stereocenters. The third-order valence-electron chi connectivity index (χ3n) is 0. The summed E-state index contributed by atoms with van der Waals surface area (Å²) in [5.41, 5.74) is 0. The molecule has 0 spiro atoms. The van der Waals surface area contributed by atoms with Crippen molar-refractivity contribution in [2.24, 2.45) is 0 Å². The minimum Gasteiger partial charge on any atom is -0.106 e. The molecule has 0 bridgehead atoms. The second-order valence-corrected chi connectivity index (χ2v) is 0. The van der Waals surface area contributed by atoms with Crippen LogP contribution in [-0.2, 0) is 26.2 Å².